The second-order valence-corrected chi connectivity index (χ2v) is 7.56. The van der Waals surface area contributed by atoms with E-state index >= 15 is 0 Å². The van der Waals surface area contributed by atoms with Crippen molar-refractivity contribution in [2.24, 2.45) is 0 Å². The van der Waals surface area contributed by atoms with Crippen molar-refractivity contribution in [2.75, 3.05) is 45.9 Å². The maximum absolute atomic E-state index is 13.0. The first kappa shape index (κ1) is 18.2. The minimum absolute atomic E-state index is 0.217. The summed E-state index contributed by atoms with van der Waals surface area (Å²) < 4.78 is 11.2. The molecule has 0 saturated carbocycles. The normalized spacial score (nSPS) is 24.3. The smallest absolute Gasteiger partial charge is 0.274 e. The van der Waals surface area contributed by atoms with Gasteiger partial charge in [0.25, 0.3) is 5.91 Å². The van der Waals surface area contributed by atoms with E-state index < -0.39 is 5.60 Å². The molecule has 0 unspecified atom stereocenters. The third-order valence-electron chi connectivity index (χ3n) is 5.17. The second kappa shape index (κ2) is 7.46. The first-order valence-electron chi connectivity index (χ1n) is 9.46. The minimum Gasteiger partial charge on any atom is -0.460 e. The van der Waals surface area contributed by atoms with Gasteiger partial charge >= 0.3 is 0 Å². The lowest BCUT2D eigenvalue weighted by Crippen LogP contribution is -2.53. The van der Waals surface area contributed by atoms with Gasteiger partial charge in [0.2, 0.25) is 0 Å². The van der Waals surface area contributed by atoms with Crippen molar-refractivity contribution in [3.05, 3.63) is 29.7 Å². The van der Waals surface area contributed by atoms with E-state index in [-0.39, 0.29) is 19.1 Å². The van der Waals surface area contributed by atoms with E-state index in [0.717, 1.165) is 31.7 Å². The van der Waals surface area contributed by atoms with Crippen LogP contribution in [-0.4, -0.2) is 82.5 Å². The van der Waals surface area contributed by atoms with E-state index in [1.807, 2.05) is 19.1 Å². The van der Waals surface area contributed by atoms with Gasteiger partial charge < -0.3 is 24.1 Å². The van der Waals surface area contributed by atoms with Crippen LogP contribution in [0.4, 0.5) is 0 Å². The Morgan fingerprint density at radius 1 is 1.33 bits per heavy atom. The van der Waals surface area contributed by atoms with Gasteiger partial charge in [-0.25, -0.2) is 0 Å². The summed E-state index contributed by atoms with van der Waals surface area (Å²) in [4.78, 5) is 16.8. The summed E-state index contributed by atoms with van der Waals surface area (Å²) in [6, 6.07) is 5.39. The molecule has 2 N–H and O–H groups in total. The van der Waals surface area contributed by atoms with E-state index in [1.54, 1.807) is 11.0 Å². The summed E-state index contributed by atoms with van der Waals surface area (Å²) in [7, 11) is 0. The van der Waals surface area contributed by atoms with Gasteiger partial charge in [-0.05, 0) is 45.0 Å². The largest absolute Gasteiger partial charge is 0.460 e. The Hall–Kier alpha value is -2.16. The Balaban J connectivity index is 1.47. The predicted octanol–water partition coefficient (Wildman–Crippen LogP) is 1.28. The van der Waals surface area contributed by atoms with Crippen LogP contribution in [0.15, 0.2) is 22.6 Å². The maximum atomic E-state index is 13.0. The number of carbonyl (C=O) groups excluding carboxylic acids is 1. The summed E-state index contributed by atoms with van der Waals surface area (Å²) in [5.74, 6) is 1.22. The molecule has 2 aliphatic heterocycles. The first-order chi connectivity index (χ1) is 13.0. The van der Waals surface area contributed by atoms with Crippen molar-refractivity contribution in [3.63, 3.8) is 0 Å². The molecule has 4 heterocycles. The highest BCUT2D eigenvalue weighted by atomic mass is 16.5. The number of aryl methyl sites for hydroxylation is 1. The Bertz CT molecular complexity index is 795. The predicted molar refractivity (Wildman–Crippen MR) is 98.4 cm³/mol. The molecule has 146 valence electrons. The number of aliphatic hydroxyl groups is 1. The van der Waals surface area contributed by atoms with Crippen LogP contribution in [0.5, 0.6) is 0 Å². The molecule has 4 rings (SSSR count). The highest BCUT2D eigenvalue weighted by molar-refractivity contribution is 5.93. The number of furan rings is 1. The average Bonchev–Trinajstić information content (AvgIpc) is 3.37. The van der Waals surface area contributed by atoms with E-state index in [0.29, 0.717) is 36.8 Å². The van der Waals surface area contributed by atoms with Crippen LogP contribution in [0, 0.1) is 6.92 Å². The summed E-state index contributed by atoms with van der Waals surface area (Å²) in [5.41, 5.74) is -0.0948. The zero-order valence-corrected chi connectivity index (χ0v) is 15.6. The third kappa shape index (κ3) is 4.07. The van der Waals surface area contributed by atoms with E-state index in [2.05, 4.69) is 15.1 Å². The summed E-state index contributed by atoms with van der Waals surface area (Å²) in [6.07, 6.45) is 2.31. The number of β-amino-alcohol motifs (C(OH)–C–C–N with tert-alkyl or cyclic N) is 1. The number of hydrogen-bond donors (Lipinski definition) is 2. The van der Waals surface area contributed by atoms with Crippen molar-refractivity contribution in [3.8, 4) is 11.5 Å². The van der Waals surface area contributed by atoms with Crippen molar-refractivity contribution < 1.29 is 19.1 Å². The lowest BCUT2D eigenvalue weighted by Gasteiger charge is -2.33. The first-order valence-corrected chi connectivity index (χ1v) is 9.46. The van der Waals surface area contributed by atoms with Crippen LogP contribution in [0.25, 0.3) is 11.5 Å². The molecule has 0 bridgehead atoms. The van der Waals surface area contributed by atoms with Crippen LogP contribution < -0.4 is 0 Å². The number of aromatic amines is 1. The second-order valence-electron chi connectivity index (χ2n) is 7.56. The highest BCUT2D eigenvalue weighted by Gasteiger charge is 2.37. The quantitative estimate of drug-likeness (QED) is 0.837. The monoisotopic (exact) mass is 374 g/mol. The fourth-order valence-electron chi connectivity index (χ4n) is 3.84. The van der Waals surface area contributed by atoms with Crippen LogP contribution in [0.3, 0.4) is 0 Å². The summed E-state index contributed by atoms with van der Waals surface area (Å²) >= 11 is 0. The van der Waals surface area contributed by atoms with Crippen LogP contribution in [0.2, 0.25) is 0 Å². The van der Waals surface area contributed by atoms with Gasteiger partial charge in [-0.2, -0.15) is 5.10 Å². The lowest BCUT2D eigenvalue weighted by atomic mass is 10.0. The van der Waals surface area contributed by atoms with Gasteiger partial charge in [0.15, 0.2) is 11.5 Å². The Morgan fingerprint density at radius 3 is 2.89 bits per heavy atom. The number of aromatic nitrogens is 2. The molecule has 8 nitrogen and oxygen atoms in total. The number of likely N-dealkylation sites (tertiary alicyclic amines) is 1. The number of nitrogens with one attached hydrogen (secondary N) is 1. The molecule has 0 aliphatic carbocycles. The lowest BCUT2D eigenvalue weighted by molar-refractivity contribution is -0.0524. The third-order valence-corrected chi connectivity index (χ3v) is 5.17. The molecule has 2 fully saturated rings. The number of H-pyrrole nitrogens is 1. The molecule has 8 heteroatoms. The number of rotatable bonds is 4. The maximum Gasteiger partial charge on any atom is 0.274 e. The molecule has 1 atom stereocenters. The summed E-state index contributed by atoms with van der Waals surface area (Å²) in [5, 5.41) is 18.1. The minimum atomic E-state index is -1.06. The van der Waals surface area contributed by atoms with E-state index in [4.69, 9.17) is 9.15 Å². The molecular formula is C19H26N4O4. The Kier molecular flexibility index (Phi) is 5.03. The molecule has 0 aromatic carbocycles. The number of ether oxygens (including phenoxy) is 1. The van der Waals surface area contributed by atoms with Crippen LogP contribution in [-0.2, 0) is 4.74 Å². The number of nitrogens with zero attached hydrogens (tertiary/aromatic N) is 3. The van der Waals surface area contributed by atoms with Crippen molar-refractivity contribution >= 4 is 5.91 Å². The zero-order chi connectivity index (χ0) is 18.9. The molecule has 1 amide bonds. The van der Waals surface area contributed by atoms with Gasteiger partial charge in [-0.3, -0.25) is 9.89 Å². The zero-order valence-electron chi connectivity index (χ0n) is 15.6. The average molecular weight is 374 g/mol. The highest BCUT2D eigenvalue weighted by Crippen LogP contribution is 2.22. The van der Waals surface area contributed by atoms with Gasteiger partial charge in [-0.15, -0.1) is 0 Å². The van der Waals surface area contributed by atoms with Crippen LogP contribution >= 0.6 is 0 Å². The SMILES string of the molecule is Cc1ccc(-c2cc(C(=O)N3CCOC[C@](O)(CN4CCCC4)C3)n[nH]2)o1. The number of carbonyl (C=O) groups is 1. The van der Waals surface area contributed by atoms with Crippen molar-refractivity contribution in [2.45, 2.75) is 25.4 Å². The molecule has 2 aliphatic rings. The van der Waals surface area contributed by atoms with E-state index in [9.17, 15) is 9.90 Å². The Morgan fingerprint density at radius 2 is 2.15 bits per heavy atom. The van der Waals surface area contributed by atoms with Gasteiger partial charge in [0.05, 0.1) is 19.8 Å². The van der Waals surface area contributed by atoms with Crippen molar-refractivity contribution in [1.82, 2.24) is 20.0 Å². The number of hydrogen-bond acceptors (Lipinski definition) is 6. The fraction of sp³-hybridized carbons (Fsp3) is 0.579. The molecule has 2 saturated heterocycles. The van der Waals surface area contributed by atoms with Crippen LogP contribution in [0.1, 0.15) is 29.1 Å². The number of amides is 1. The van der Waals surface area contributed by atoms with Gasteiger partial charge in [-0.1, -0.05) is 0 Å². The molecule has 0 radical (unpaired) electrons. The molecular weight excluding hydrogens is 348 g/mol. The van der Waals surface area contributed by atoms with Crippen molar-refractivity contribution in [1.29, 1.82) is 0 Å². The van der Waals surface area contributed by atoms with Gasteiger partial charge in [0, 0.05) is 19.2 Å². The molecule has 0 spiro atoms. The molecule has 27 heavy (non-hydrogen) atoms. The fourth-order valence-corrected chi connectivity index (χ4v) is 3.84. The van der Waals surface area contributed by atoms with E-state index in [1.165, 1.54) is 0 Å². The molecule has 2 aromatic rings. The molecule has 2 aromatic heterocycles. The van der Waals surface area contributed by atoms with Gasteiger partial charge in [0.1, 0.15) is 17.1 Å². The Labute approximate surface area is 158 Å². The standard InChI is InChI=1S/C19H26N4O4/c1-14-4-5-17(27-14)15-10-16(21-20-15)18(24)23-8-9-26-13-19(25,12-23)11-22-6-2-3-7-22/h4-5,10,25H,2-3,6-9,11-13H2,1H3,(H,20,21)/t19-/m0/s1. The topological polar surface area (TPSA) is 94.8 Å². The summed E-state index contributed by atoms with van der Waals surface area (Å²) in [6.45, 7) is 5.68.